The fourth-order valence-electron chi connectivity index (χ4n) is 2.68. The molecule has 5 nitrogen and oxygen atoms in total. The van der Waals surface area contributed by atoms with Gasteiger partial charge in [-0.1, -0.05) is 49.2 Å². The Morgan fingerprint density at radius 3 is 2.72 bits per heavy atom. The number of benzene rings is 2. The van der Waals surface area contributed by atoms with Crippen LogP contribution in [-0.2, 0) is 11.2 Å². The van der Waals surface area contributed by atoms with Crippen molar-refractivity contribution in [3.05, 3.63) is 82.6 Å². The van der Waals surface area contributed by atoms with E-state index in [0.29, 0.717) is 17.8 Å². The number of carbonyl (C=O) groups is 1. The topological polar surface area (TPSA) is 56.5 Å². The van der Waals surface area contributed by atoms with Crippen LogP contribution in [0.4, 0.5) is 4.39 Å². The Morgan fingerprint density at radius 1 is 1.21 bits per heavy atom. The van der Waals surface area contributed by atoms with Crippen molar-refractivity contribution in [2.24, 2.45) is 4.99 Å². The van der Waals surface area contributed by atoms with Crippen LogP contribution < -0.4 is 10.1 Å². The molecule has 3 aromatic rings. The maximum Gasteiger partial charge on any atom is 0.250 e. The monoisotopic (exact) mass is 413 g/mol. The fourth-order valence-corrected chi connectivity index (χ4v) is 2.91. The quantitative estimate of drug-likeness (QED) is 0.535. The Morgan fingerprint density at radius 2 is 2.00 bits per heavy atom. The third kappa shape index (κ3) is 5.51. The van der Waals surface area contributed by atoms with E-state index in [1.54, 1.807) is 16.8 Å². The molecule has 2 aromatic carbocycles. The normalized spacial score (nSPS) is 11.5. The third-order valence-corrected chi connectivity index (χ3v) is 4.53. The van der Waals surface area contributed by atoms with Gasteiger partial charge in [-0.2, -0.15) is 5.10 Å². The molecule has 0 aliphatic rings. The van der Waals surface area contributed by atoms with Crippen LogP contribution in [0.1, 0.15) is 25.3 Å². The van der Waals surface area contributed by atoms with Crippen molar-refractivity contribution >= 4 is 17.5 Å². The second-order valence-electron chi connectivity index (χ2n) is 6.38. The van der Waals surface area contributed by atoms with Gasteiger partial charge in [0.25, 0.3) is 5.91 Å². The SMILES string of the molecule is CCCCOc1c/c(=N/C(=O)Cc2c(F)cccc2Cl)cnn1-c1ccccc1. The van der Waals surface area contributed by atoms with Gasteiger partial charge in [-0.3, -0.25) is 4.79 Å². The van der Waals surface area contributed by atoms with Crippen LogP contribution in [0.5, 0.6) is 5.88 Å². The molecule has 0 fully saturated rings. The number of para-hydroxylation sites is 1. The molecule has 0 aliphatic heterocycles. The van der Waals surface area contributed by atoms with Crippen molar-refractivity contribution in [2.75, 3.05) is 6.61 Å². The number of unbranched alkanes of at least 4 members (excludes halogenated alkanes) is 1. The van der Waals surface area contributed by atoms with E-state index in [0.717, 1.165) is 18.5 Å². The van der Waals surface area contributed by atoms with Crippen LogP contribution in [-0.4, -0.2) is 22.3 Å². The number of hydrogen-bond donors (Lipinski definition) is 0. The van der Waals surface area contributed by atoms with Gasteiger partial charge < -0.3 is 4.74 Å². The zero-order valence-electron chi connectivity index (χ0n) is 16.0. The molecule has 0 bridgehead atoms. The summed E-state index contributed by atoms with van der Waals surface area (Å²) in [6.45, 7) is 2.60. The van der Waals surface area contributed by atoms with Crippen molar-refractivity contribution in [1.29, 1.82) is 0 Å². The first-order valence-corrected chi connectivity index (χ1v) is 9.74. The second kappa shape index (κ2) is 9.98. The number of hydrogen-bond acceptors (Lipinski definition) is 3. The lowest BCUT2D eigenvalue weighted by Gasteiger charge is -2.13. The molecule has 0 aliphatic carbocycles. The molecule has 0 spiro atoms. The zero-order valence-corrected chi connectivity index (χ0v) is 16.8. The molecule has 1 aromatic heterocycles. The van der Waals surface area contributed by atoms with Gasteiger partial charge in [-0.05, 0) is 30.7 Å². The maximum absolute atomic E-state index is 13.9. The van der Waals surface area contributed by atoms with Gasteiger partial charge in [-0.25, -0.2) is 14.1 Å². The highest BCUT2D eigenvalue weighted by Gasteiger charge is 2.12. The largest absolute Gasteiger partial charge is 0.478 e. The number of ether oxygens (including phenoxy) is 1. The Bertz CT molecular complexity index is 1030. The molecule has 0 saturated carbocycles. The summed E-state index contributed by atoms with van der Waals surface area (Å²) >= 11 is 5.99. The summed E-state index contributed by atoms with van der Waals surface area (Å²) in [6, 6.07) is 15.5. The summed E-state index contributed by atoms with van der Waals surface area (Å²) in [4.78, 5) is 16.4. The van der Waals surface area contributed by atoms with E-state index in [1.807, 2.05) is 30.3 Å². The van der Waals surface area contributed by atoms with Gasteiger partial charge in [0.05, 0.1) is 30.3 Å². The van der Waals surface area contributed by atoms with Crippen LogP contribution in [0.2, 0.25) is 5.02 Å². The molecule has 0 atom stereocenters. The van der Waals surface area contributed by atoms with Crippen molar-refractivity contribution < 1.29 is 13.9 Å². The Hall–Kier alpha value is -2.99. The highest BCUT2D eigenvalue weighted by atomic mass is 35.5. The molecule has 1 amide bonds. The predicted octanol–water partition coefficient (Wildman–Crippen LogP) is 4.51. The first-order chi connectivity index (χ1) is 14.1. The maximum atomic E-state index is 13.9. The predicted molar refractivity (Wildman–Crippen MR) is 110 cm³/mol. The first kappa shape index (κ1) is 20.7. The van der Waals surface area contributed by atoms with Gasteiger partial charge >= 0.3 is 0 Å². The van der Waals surface area contributed by atoms with Gasteiger partial charge in [0.2, 0.25) is 5.88 Å². The molecule has 0 saturated heterocycles. The smallest absolute Gasteiger partial charge is 0.250 e. The standard InChI is InChI=1S/C22H21ClFN3O2/c1-2-3-12-29-22-13-16(15-25-27(22)17-8-5-4-6-9-17)26-21(28)14-18-19(23)10-7-11-20(18)24/h4-11,13,15H,2-3,12,14H2,1H3/b26-16-. The summed E-state index contributed by atoms with van der Waals surface area (Å²) < 4.78 is 21.4. The molecule has 0 unspecified atom stereocenters. The molecule has 150 valence electrons. The molecule has 0 N–H and O–H groups in total. The molecule has 3 rings (SSSR count). The van der Waals surface area contributed by atoms with E-state index in [1.165, 1.54) is 18.3 Å². The lowest BCUT2D eigenvalue weighted by atomic mass is 10.1. The summed E-state index contributed by atoms with van der Waals surface area (Å²) in [7, 11) is 0. The molecular weight excluding hydrogens is 393 g/mol. The fraction of sp³-hybridized carbons (Fsp3) is 0.227. The average Bonchev–Trinajstić information content (AvgIpc) is 2.72. The van der Waals surface area contributed by atoms with Gasteiger partial charge in [0.1, 0.15) is 5.82 Å². The van der Waals surface area contributed by atoms with E-state index in [9.17, 15) is 9.18 Å². The van der Waals surface area contributed by atoms with Crippen LogP contribution >= 0.6 is 11.6 Å². The van der Waals surface area contributed by atoms with E-state index < -0.39 is 11.7 Å². The summed E-state index contributed by atoms with van der Waals surface area (Å²) in [6.07, 6.45) is 3.12. The molecule has 7 heteroatoms. The Labute approximate surface area is 173 Å². The van der Waals surface area contributed by atoms with Crippen molar-refractivity contribution in [3.8, 4) is 11.6 Å². The van der Waals surface area contributed by atoms with Crippen LogP contribution in [0.25, 0.3) is 5.69 Å². The molecule has 29 heavy (non-hydrogen) atoms. The van der Waals surface area contributed by atoms with Crippen LogP contribution in [0, 0.1) is 5.82 Å². The number of carbonyl (C=O) groups excluding carboxylic acids is 1. The van der Waals surface area contributed by atoms with Crippen molar-refractivity contribution in [2.45, 2.75) is 26.2 Å². The minimum Gasteiger partial charge on any atom is -0.478 e. The molecule has 0 radical (unpaired) electrons. The number of nitrogens with zero attached hydrogens (tertiary/aromatic N) is 3. The zero-order chi connectivity index (χ0) is 20.6. The van der Waals surface area contributed by atoms with E-state index in [4.69, 9.17) is 16.3 Å². The number of aromatic nitrogens is 2. The van der Waals surface area contributed by atoms with Gasteiger partial charge in [-0.15, -0.1) is 0 Å². The van der Waals surface area contributed by atoms with E-state index in [2.05, 4.69) is 17.0 Å². The lowest BCUT2D eigenvalue weighted by molar-refractivity contribution is -0.117. The van der Waals surface area contributed by atoms with E-state index in [-0.39, 0.29) is 17.0 Å². The van der Waals surface area contributed by atoms with Crippen LogP contribution in [0.3, 0.4) is 0 Å². The summed E-state index contributed by atoms with van der Waals surface area (Å²) in [5.41, 5.74) is 0.959. The molecule has 1 heterocycles. The lowest BCUT2D eigenvalue weighted by Crippen LogP contribution is -2.16. The van der Waals surface area contributed by atoms with E-state index >= 15 is 0 Å². The van der Waals surface area contributed by atoms with Crippen LogP contribution in [0.15, 0.2) is 65.8 Å². The highest BCUT2D eigenvalue weighted by Crippen LogP contribution is 2.20. The Kier molecular flexibility index (Phi) is 7.14. The van der Waals surface area contributed by atoms with Crippen molar-refractivity contribution in [3.63, 3.8) is 0 Å². The summed E-state index contributed by atoms with van der Waals surface area (Å²) in [5.74, 6) is -0.573. The number of rotatable bonds is 7. The van der Waals surface area contributed by atoms with Crippen molar-refractivity contribution in [1.82, 2.24) is 9.78 Å². The Balaban J connectivity index is 1.90. The van der Waals surface area contributed by atoms with Gasteiger partial charge in [0, 0.05) is 16.7 Å². The summed E-state index contributed by atoms with van der Waals surface area (Å²) in [5, 5.41) is 4.90. The minimum atomic E-state index is -0.530. The number of halogens is 2. The molecular formula is C22H21ClFN3O2. The first-order valence-electron chi connectivity index (χ1n) is 9.36. The highest BCUT2D eigenvalue weighted by molar-refractivity contribution is 6.31. The van der Waals surface area contributed by atoms with Gasteiger partial charge in [0.15, 0.2) is 0 Å². The average molecular weight is 414 g/mol. The third-order valence-electron chi connectivity index (χ3n) is 4.18. The number of amides is 1. The minimum absolute atomic E-state index is 0.130. The second-order valence-corrected chi connectivity index (χ2v) is 6.79.